The number of benzene rings is 2. The van der Waals surface area contributed by atoms with Gasteiger partial charge in [-0.25, -0.2) is 9.48 Å². The van der Waals surface area contributed by atoms with E-state index in [2.05, 4.69) is 10.3 Å². The Morgan fingerprint density at radius 1 is 1.05 bits per heavy atom. The molecule has 0 amide bonds. The maximum Gasteiger partial charge on any atom is 0.331 e. The number of rotatable bonds is 4. The molecule has 6 nitrogen and oxygen atoms in total. The smallest absolute Gasteiger partial charge is 0.331 e. The van der Waals surface area contributed by atoms with Crippen LogP contribution in [0.4, 0.5) is 0 Å². The molecule has 0 bridgehead atoms. The lowest BCUT2D eigenvalue weighted by Crippen LogP contribution is -2.27. The second-order valence-corrected chi connectivity index (χ2v) is 4.66. The van der Waals surface area contributed by atoms with Crippen molar-refractivity contribution >= 4 is 17.0 Å². The van der Waals surface area contributed by atoms with E-state index in [0.29, 0.717) is 16.6 Å². The lowest BCUT2D eigenvalue weighted by Gasteiger charge is -2.20. The number of para-hydroxylation sites is 1. The van der Waals surface area contributed by atoms with Crippen molar-refractivity contribution in [3.05, 3.63) is 60.2 Å². The van der Waals surface area contributed by atoms with Crippen molar-refractivity contribution in [3.63, 3.8) is 0 Å². The van der Waals surface area contributed by atoms with Crippen molar-refractivity contribution in [1.82, 2.24) is 15.0 Å². The molecule has 2 N–H and O–H groups in total. The van der Waals surface area contributed by atoms with Gasteiger partial charge in [0.25, 0.3) is 0 Å². The Hall–Kier alpha value is -2.73. The van der Waals surface area contributed by atoms with Gasteiger partial charge in [-0.05, 0) is 17.7 Å². The maximum atomic E-state index is 11.6. The molecule has 0 spiro atoms. The first kappa shape index (κ1) is 13.3. The number of carbonyl (C=O) groups is 1. The van der Waals surface area contributed by atoms with Gasteiger partial charge in [-0.1, -0.05) is 47.7 Å². The topological polar surface area (TPSA) is 88.2 Å². The average Bonchev–Trinajstić information content (AvgIpc) is 2.92. The van der Waals surface area contributed by atoms with Crippen LogP contribution in [-0.2, 0) is 4.79 Å². The Balaban J connectivity index is 2.08. The fourth-order valence-corrected chi connectivity index (χ4v) is 2.30. The van der Waals surface area contributed by atoms with Gasteiger partial charge in [-0.2, -0.15) is 0 Å². The molecular weight excluding hydrogens is 270 g/mol. The Morgan fingerprint density at radius 2 is 1.71 bits per heavy atom. The van der Waals surface area contributed by atoms with Crippen LogP contribution in [0.1, 0.15) is 17.7 Å². The Morgan fingerprint density at radius 3 is 2.43 bits per heavy atom. The number of aliphatic hydroxyl groups is 1. The highest BCUT2D eigenvalue weighted by Crippen LogP contribution is 2.28. The molecule has 3 aromatic rings. The van der Waals surface area contributed by atoms with Crippen LogP contribution in [0.5, 0.6) is 0 Å². The number of carboxylic acid groups (broad SMARTS) is 1. The summed E-state index contributed by atoms with van der Waals surface area (Å²) in [4.78, 5) is 11.6. The van der Waals surface area contributed by atoms with Crippen LogP contribution in [0, 0.1) is 0 Å². The predicted octanol–water partition coefficient (Wildman–Crippen LogP) is 1.79. The first-order valence-corrected chi connectivity index (χ1v) is 6.44. The average molecular weight is 283 g/mol. The van der Waals surface area contributed by atoms with Gasteiger partial charge in [-0.15, -0.1) is 5.10 Å². The Bertz CT molecular complexity index is 770. The van der Waals surface area contributed by atoms with E-state index in [1.54, 1.807) is 54.6 Å². The zero-order valence-electron chi connectivity index (χ0n) is 11.0. The normalized spacial score (nSPS) is 14.0. The molecule has 1 aromatic heterocycles. The summed E-state index contributed by atoms with van der Waals surface area (Å²) in [7, 11) is 0. The molecule has 2 atom stereocenters. The van der Waals surface area contributed by atoms with E-state index >= 15 is 0 Å². The van der Waals surface area contributed by atoms with Gasteiger partial charge in [0, 0.05) is 0 Å². The number of carboxylic acids is 1. The van der Waals surface area contributed by atoms with E-state index in [0.717, 1.165) is 0 Å². The largest absolute Gasteiger partial charge is 0.480 e. The molecule has 0 fully saturated rings. The summed E-state index contributed by atoms with van der Waals surface area (Å²) in [6.07, 6.45) is -1.21. The predicted molar refractivity (Wildman–Crippen MR) is 75.6 cm³/mol. The molecule has 6 heteroatoms. The molecule has 1 heterocycles. The summed E-state index contributed by atoms with van der Waals surface area (Å²) in [5.74, 6) is -1.16. The lowest BCUT2D eigenvalue weighted by molar-refractivity contribution is -0.145. The van der Waals surface area contributed by atoms with E-state index < -0.39 is 18.1 Å². The highest BCUT2D eigenvalue weighted by molar-refractivity contribution is 5.79. The zero-order valence-corrected chi connectivity index (χ0v) is 11.0. The SMILES string of the molecule is O=C(O)C(C(O)c1ccccc1)n1nnc2ccccc21. The van der Waals surface area contributed by atoms with Crippen LogP contribution in [-0.4, -0.2) is 31.2 Å². The molecule has 0 saturated carbocycles. The van der Waals surface area contributed by atoms with Crippen LogP contribution in [0.15, 0.2) is 54.6 Å². The van der Waals surface area contributed by atoms with Gasteiger partial charge in [0.15, 0.2) is 6.04 Å². The van der Waals surface area contributed by atoms with Gasteiger partial charge in [0.2, 0.25) is 0 Å². The molecule has 2 unspecified atom stereocenters. The van der Waals surface area contributed by atoms with Crippen molar-refractivity contribution in [2.75, 3.05) is 0 Å². The molecule has 0 saturated heterocycles. The first-order valence-electron chi connectivity index (χ1n) is 6.44. The summed E-state index contributed by atoms with van der Waals surface area (Å²) in [6, 6.07) is 14.5. The third kappa shape index (κ3) is 2.36. The third-order valence-electron chi connectivity index (χ3n) is 3.33. The number of aliphatic carboxylic acids is 1. The van der Waals surface area contributed by atoms with Gasteiger partial charge < -0.3 is 10.2 Å². The van der Waals surface area contributed by atoms with Crippen molar-refractivity contribution in [1.29, 1.82) is 0 Å². The fraction of sp³-hybridized carbons (Fsp3) is 0.133. The Kier molecular flexibility index (Phi) is 3.37. The minimum Gasteiger partial charge on any atom is -0.480 e. The minimum atomic E-state index is -1.24. The highest BCUT2D eigenvalue weighted by atomic mass is 16.4. The second kappa shape index (κ2) is 5.34. The van der Waals surface area contributed by atoms with Crippen molar-refractivity contribution in [2.45, 2.75) is 12.1 Å². The summed E-state index contributed by atoms with van der Waals surface area (Å²) < 4.78 is 1.25. The maximum absolute atomic E-state index is 11.6. The zero-order chi connectivity index (χ0) is 14.8. The van der Waals surface area contributed by atoms with E-state index in [1.165, 1.54) is 4.68 Å². The lowest BCUT2D eigenvalue weighted by atomic mass is 10.0. The minimum absolute atomic E-state index is 0.518. The third-order valence-corrected chi connectivity index (χ3v) is 3.33. The summed E-state index contributed by atoms with van der Waals surface area (Å²) in [5, 5.41) is 27.7. The summed E-state index contributed by atoms with van der Waals surface area (Å²) >= 11 is 0. The molecule has 0 aliphatic carbocycles. The molecule has 0 aliphatic heterocycles. The number of hydrogen-bond donors (Lipinski definition) is 2. The summed E-state index contributed by atoms with van der Waals surface area (Å²) in [6.45, 7) is 0. The monoisotopic (exact) mass is 283 g/mol. The molecule has 0 radical (unpaired) electrons. The number of hydrogen-bond acceptors (Lipinski definition) is 4. The van der Waals surface area contributed by atoms with Crippen molar-refractivity contribution in [2.24, 2.45) is 0 Å². The molecule has 21 heavy (non-hydrogen) atoms. The highest BCUT2D eigenvalue weighted by Gasteiger charge is 2.31. The molecule has 2 aromatic carbocycles. The second-order valence-electron chi connectivity index (χ2n) is 4.66. The number of aromatic nitrogens is 3. The summed E-state index contributed by atoms with van der Waals surface area (Å²) in [5.41, 5.74) is 1.67. The standard InChI is InChI=1S/C15H13N3O3/c19-14(10-6-2-1-3-7-10)13(15(20)21)18-12-9-5-4-8-11(12)16-17-18/h1-9,13-14,19H,(H,20,21). The van der Waals surface area contributed by atoms with Crippen LogP contribution >= 0.6 is 0 Å². The van der Waals surface area contributed by atoms with Gasteiger partial charge in [0.05, 0.1) is 5.52 Å². The van der Waals surface area contributed by atoms with Crippen LogP contribution in [0.2, 0.25) is 0 Å². The molecule has 3 rings (SSSR count). The van der Waals surface area contributed by atoms with E-state index in [4.69, 9.17) is 0 Å². The number of fused-ring (bicyclic) bond motifs is 1. The molecule has 106 valence electrons. The molecule has 0 aliphatic rings. The van der Waals surface area contributed by atoms with Crippen LogP contribution in [0.3, 0.4) is 0 Å². The van der Waals surface area contributed by atoms with Gasteiger partial charge >= 0.3 is 5.97 Å². The van der Waals surface area contributed by atoms with Crippen molar-refractivity contribution < 1.29 is 15.0 Å². The van der Waals surface area contributed by atoms with Crippen LogP contribution in [0.25, 0.3) is 11.0 Å². The Labute approximate surface area is 120 Å². The number of nitrogens with zero attached hydrogens (tertiary/aromatic N) is 3. The van der Waals surface area contributed by atoms with Crippen LogP contribution < -0.4 is 0 Å². The molecular formula is C15H13N3O3. The van der Waals surface area contributed by atoms with E-state index in [-0.39, 0.29) is 0 Å². The quantitative estimate of drug-likeness (QED) is 0.762. The van der Waals surface area contributed by atoms with Gasteiger partial charge in [0.1, 0.15) is 11.6 Å². The number of aliphatic hydroxyl groups excluding tert-OH is 1. The first-order chi connectivity index (χ1) is 10.2. The van der Waals surface area contributed by atoms with Crippen molar-refractivity contribution in [3.8, 4) is 0 Å². The fourth-order valence-electron chi connectivity index (χ4n) is 2.30. The van der Waals surface area contributed by atoms with Gasteiger partial charge in [-0.3, -0.25) is 0 Å². The van der Waals surface area contributed by atoms with E-state index in [9.17, 15) is 15.0 Å². The van der Waals surface area contributed by atoms with E-state index in [1.807, 2.05) is 0 Å².